The van der Waals surface area contributed by atoms with Gasteiger partial charge in [0, 0.05) is 13.1 Å². The zero-order valence-corrected chi connectivity index (χ0v) is 11.3. The summed E-state index contributed by atoms with van der Waals surface area (Å²) < 4.78 is 49.2. The van der Waals surface area contributed by atoms with Crippen LogP contribution in [-0.2, 0) is 22.2 Å². The molecule has 0 radical (unpaired) electrons. The summed E-state index contributed by atoms with van der Waals surface area (Å²) in [4.78, 5) is 1.85. The number of nitrogens with zero attached hydrogens (tertiary/aromatic N) is 1. The van der Waals surface area contributed by atoms with Gasteiger partial charge in [0.1, 0.15) is 6.79 Å². The Morgan fingerprint density at radius 1 is 1.30 bits per heavy atom. The Hall–Kier alpha value is -1.11. The highest BCUT2D eigenvalue weighted by atomic mass is 19.4. The first-order valence-corrected chi connectivity index (χ1v) is 6.50. The normalized spacial score (nSPS) is 20.4. The third kappa shape index (κ3) is 4.19. The van der Waals surface area contributed by atoms with Gasteiger partial charge in [0.25, 0.3) is 0 Å². The molecule has 6 heteroatoms. The van der Waals surface area contributed by atoms with Gasteiger partial charge < -0.3 is 9.47 Å². The molecule has 20 heavy (non-hydrogen) atoms. The van der Waals surface area contributed by atoms with Gasteiger partial charge in [-0.15, -0.1) is 0 Å². The number of benzene rings is 1. The van der Waals surface area contributed by atoms with Crippen LogP contribution < -0.4 is 0 Å². The minimum atomic E-state index is -4.31. The summed E-state index contributed by atoms with van der Waals surface area (Å²) in [6.45, 7) is 1.74. The van der Waals surface area contributed by atoms with Crippen molar-refractivity contribution in [3.8, 4) is 0 Å². The second kappa shape index (κ2) is 6.56. The molecule has 1 atom stereocenters. The first-order valence-electron chi connectivity index (χ1n) is 6.50. The fraction of sp³-hybridized carbons (Fsp3) is 0.571. The predicted octanol–water partition coefficient (Wildman–Crippen LogP) is 2.90. The van der Waals surface area contributed by atoms with Crippen LogP contribution in [0.1, 0.15) is 17.5 Å². The van der Waals surface area contributed by atoms with E-state index in [1.54, 1.807) is 13.1 Å². The van der Waals surface area contributed by atoms with Crippen LogP contribution in [0, 0.1) is 0 Å². The largest absolute Gasteiger partial charge is 0.416 e. The topological polar surface area (TPSA) is 21.7 Å². The highest BCUT2D eigenvalue weighted by Crippen LogP contribution is 2.32. The second-order valence-electron chi connectivity index (χ2n) is 4.96. The molecule has 0 saturated carbocycles. The van der Waals surface area contributed by atoms with Gasteiger partial charge in [-0.25, -0.2) is 0 Å². The van der Waals surface area contributed by atoms with Crippen LogP contribution >= 0.6 is 0 Å². The molecule has 0 aromatic heterocycles. The Bertz CT molecular complexity index is 431. The highest BCUT2D eigenvalue weighted by molar-refractivity contribution is 5.29. The van der Waals surface area contributed by atoms with Crippen molar-refractivity contribution in [2.24, 2.45) is 0 Å². The maximum Gasteiger partial charge on any atom is 0.416 e. The predicted molar refractivity (Wildman–Crippen MR) is 68.1 cm³/mol. The molecule has 1 aromatic rings. The number of hydrogen-bond donors (Lipinski definition) is 0. The van der Waals surface area contributed by atoms with Gasteiger partial charge in [-0.2, -0.15) is 13.2 Å². The highest BCUT2D eigenvalue weighted by Gasteiger charge is 2.33. The molecule has 0 bridgehead atoms. The molecule has 1 fully saturated rings. The molecule has 0 unspecified atom stereocenters. The van der Waals surface area contributed by atoms with E-state index in [-0.39, 0.29) is 25.0 Å². The van der Waals surface area contributed by atoms with E-state index in [0.717, 1.165) is 12.5 Å². The van der Waals surface area contributed by atoms with Crippen molar-refractivity contribution >= 4 is 0 Å². The molecule has 3 nitrogen and oxygen atoms in total. The third-order valence-corrected chi connectivity index (χ3v) is 3.25. The van der Waals surface area contributed by atoms with Crippen LogP contribution in [-0.4, -0.2) is 38.0 Å². The molecule has 0 N–H and O–H groups in total. The van der Waals surface area contributed by atoms with Gasteiger partial charge in [0.15, 0.2) is 0 Å². The maximum absolute atomic E-state index is 12.9. The van der Waals surface area contributed by atoms with Gasteiger partial charge in [-0.1, -0.05) is 18.2 Å². The summed E-state index contributed by atoms with van der Waals surface area (Å²) in [6, 6.07) is 5.68. The SMILES string of the molecule is CN(Cc1ccccc1C(F)(F)F)C[C@@H]1CCOCO1. The van der Waals surface area contributed by atoms with Crippen LogP contribution in [0.2, 0.25) is 0 Å². The molecular formula is C14H18F3NO2. The van der Waals surface area contributed by atoms with Gasteiger partial charge in [-0.3, -0.25) is 4.90 Å². The first kappa shape index (κ1) is 15.3. The maximum atomic E-state index is 12.9. The number of rotatable bonds is 4. The number of halogens is 3. The van der Waals surface area contributed by atoms with Crippen molar-refractivity contribution < 1.29 is 22.6 Å². The summed E-state index contributed by atoms with van der Waals surface area (Å²) in [5, 5.41) is 0. The van der Waals surface area contributed by atoms with Gasteiger partial charge in [-0.05, 0) is 25.1 Å². The Kier molecular flexibility index (Phi) is 5.01. The van der Waals surface area contributed by atoms with Crippen molar-refractivity contribution in [1.82, 2.24) is 4.90 Å². The zero-order valence-electron chi connectivity index (χ0n) is 11.3. The van der Waals surface area contributed by atoms with E-state index >= 15 is 0 Å². The minimum absolute atomic E-state index is 0.0202. The second-order valence-corrected chi connectivity index (χ2v) is 4.96. The quantitative estimate of drug-likeness (QED) is 0.850. The monoisotopic (exact) mass is 289 g/mol. The number of hydrogen-bond acceptors (Lipinski definition) is 3. The van der Waals surface area contributed by atoms with E-state index in [0.29, 0.717) is 13.2 Å². The van der Waals surface area contributed by atoms with E-state index in [1.807, 2.05) is 4.90 Å². The molecule has 1 saturated heterocycles. The van der Waals surface area contributed by atoms with E-state index in [9.17, 15) is 13.2 Å². The fourth-order valence-corrected chi connectivity index (χ4v) is 2.28. The Balaban J connectivity index is 1.98. The molecular weight excluding hydrogens is 271 g/mol. The molecule has 0 amide bonds. The van der Waals surface area contributed by atoms with Crippen molar-refractivity contribution in [3.05, 3.63) is 35.4 Å². The van der Waals surface area contributed by atoms with E-state index in [1.165, 1.54) is 12.1 Å². The van der Waals surface area contributed by atoms with E-state index in [2.05, 4.69) is 0 Å². The number of ether oxygens (including phenoxy) is 2. The third-order valence-electron chi connectivity index (χ3n) is 3.25. The van der Waals surface area contributed by atoms with Crippen LogP contribution in [0.4, 0.5) is 13.2 Å². The zero-order chi connectivity index (χ0) is 14.6. The number of alkyl halides is 3. The average Bonchev–Trinajstić information content (AvgIpc) is 2.39. The average molecular weight is 289 g/mol. The molecule has 1 aromatic carbocycles. The molecule has 2 rings (SSSR count). The Morgan fingerprint density at radius 3 is 2.70 bits per heavy atom. The molecule has 1 aliphatic rings. The van der Waals surface area contributed by atoms with Crippen molar-refractivity contribution in [2.75, 3.05) is 27.0 Å². The lowest BCUT2D eigenvalue weighted by Gasteiger charge is -2.28. The van der Waals surface area contributed by atoms with Crippen molar-refractivity contribution in [2.45, 2.75) is 25.2 Å². The first-order chi connectivity index (χ1) is 9.47. The van der Waals surface area contributed by atoms with Gasteiger partial charge in [0.2, 0.25) is 0 Å². The summed E-state index contributed by atoms with van der Waals surface area (Å²) in [5.74, 6) is 0. The Morgan fingerprint density at radius 2 is 2.05 bits per heavy atom. The smallest absolute Gasteiger partial charge is 0.355 e. The summed E-state index contributed by atoms with van der Waals surface area (Å²) in [6.07, 6.45) is -3.52. The lowest BCUT2D eigenvalue weighted by Crippen LogP contribution is -2.35. The van der Waals surface area contributed by atoms with E-state index in [4.69, 9.17) is 9.47 Å². The Labute approximate surface area is 116 Å². The standard InChI is InChI=1S/C14H18F3NO2/c1-18(9-12-6-7-19-10-20-12)8-11-4-2-3-5-13(11)14(15,16)17/h2-5,12H,6-10H2,1H3/t12-/m0/s1. The van der Waals surface area contributed by atoms with Crippen molar-refractivity contribution in [3.63, 3.8) is 0 Å². The van der Waals surface area contributed by atoms with Crippen LogP contribution in [0.15, 0.2) is 24.3 Å². The van der Waals surface area contributed by atoms with Gasteiger partial charge >= 0.3 is 6.18 Å². The molecule has 1 aliphatic heterocycles. The molecule has 0 spiro atoms. The minimum Gasteiger partial charge on any atom is -0.355 e. The van der Waals surface area contributed by atoms with Crippen LogP contribution in [0.3, 0.4) is 0 Å². The molecule has 112 valence electrons. The molecule has 1 heterocycles. The van der Waals surface area contributed by atoms with Crippen LogP contribution in [0.5, 0.6) is 0 Å². The number of likely N-dealkylation sites (N-methyl/N-ethyl adjacent to an activating group) is 1. The lowest BCUT2D eigenvalue weighted by atomic mass is 10.1. The molecule has 0 aliphatic carbocycles. The lowest BCUT2D eigenvalue weighted by molar-refractivity contribution is -0.144. The van der Waals surface area contributed by atoms with Gasteiger partial charge in [0.05, 0.1) is 18.3 Å². The fourth-order valence-electron chi connectivity index (χ4n) is 2.28. The summed E-state index contributed by atoms with van der Waals surface area (Å²) in [7, 11) is 1.80. The van der Waals surface area contributed by atoms with E-state index < -0.39 is 11.7 Å². The summed E-state index contributed by atoms with van der Waals surface area (Å²) in [5.41, 5.74) is -0.283. The summed E-state index contributed by atoms with van der Waals surface area (Å²) >= 11 is 0. The van der Waals surface area contributed by atoms with Crippen LogP contribution in [0.25, 0.3) is 0 Å². The van der Waals surface area contributed by atoms with Crippen molar-refractivity contribution in [1.29, 1.82) is 0 Å².